The number of halogens is 1. The van der Waals surface area contributed by atoms with E-state index in [0.29, 0.717) is 17.1 Å². The van der Waals surface area contributed by atoms with E-state index in [1.54, 1.807) is 22.9 Å². The third kappa shape index (κ3) is 5.09. The summed E-state index contributed by atoms with van der Waals surface area (Å²) in [5.41, 5.74) is 1.49. The summed E-state index contributed by atoms with van der Waals surface area (Å²) in [6.07, 6.45) is 0. The summed E-state index contributed by atoms with van der Waals surface area (Å²) in [6.45, 7) is 6.25. The van der Waals surface area contributed by atoms with Crippen molar-refractivity contribution in [3.8, 4) is 5.69 Å². The van der Waals surface area contributed by atoms with Gasteiger partial charge in [-0.05, 0) is 37.3 Å². The van der Waals surface area contributed by atoms with Gasteiger partial charge in [-0.25, -0.2) is 9.07 Å². The topological polar surface area (TPSA) is 88.5 Å². The highest BCUT2D eigenvalue weighted by molar-refractivity contribution is 7.20. The van der Waals surface area contributed by atoms with Crippen molar-refractivity contribution >= 4 is 33.4 Å². The third-order valence-electron chi connectivity index (χ3n) is 5.10. The molecule has 3 heterocycles. The van der Waals surface area contributed by atoms with E-state index in [1.807, 2.05) is 6.92 Å². The number of aryl methyl sites for hydroxylation is 1. The van der Waals surface area contributed by atoms with Gasteiger partial charge in [0, 0.05) is 31.6 Å². The SMILES string of the molecule is Cc1nn(-c2ccc(F)cc2)c2sc(C(=O)NCC(=O)NCCN3CCOCC3)cc12. The molecule has 0 radical (unpaired) electrons. The molecular weight excluding hydrogens is 421 g/mol. The van der Waals surface area contributed by atoms with E-state index in [9.17, 15) is 14.0 Å². The molecule has 0 spiro atoms. The number of rotatable bonds is 7. The molecule has 0 aliphatic carbocycles. The van der Waals surface area contributed by atoms with Crippen molar-refractivity contribution in [3.05, 3.63) is 46.7 Å². The fraction of sp³-hybridized carbons (Fsp3) is 0.381. The minimum absolute atomic E-state index is 0.0841. The third-order valence-corrected chi connectivity index (χ3v) is 6.21. The molecule has 1 aromatic carbocycles. The first-order chi connectivity index (χ1) is 15.0. The molecule has 2 amide bonds. The smallest absolute Gasteiger partial charge is 0.261 e. The Hall–Kier alpha value is -2.82. The van der Waals surface area contributed by atoms with Crippen molar-refractivity contribution in [2.24, 2.45) is 0 Å². The van der Waals surface area contributed by atoms with Crippen molar-refractivity contribution in [2.75, 3.05) is 45.9 Å². The molecule has 1 saturated heterocycles. The Morgan fingerprint density at radius 3 is 2.68 bits per heavy atom. The maximum absolute atomic E-state index is 13.2. The van der Waals surface area contributed by atoms with Gasteiger partial charge in [0.1, 0.15) is 10.6 Å². The molecule has 0 unspecified atom stereocenters. The van der Waals surface area contributed by atoms with Crippen molar-refractivity contribution in [3.63, 3.8) is 0 Å². The second-order valence-electron chi connectivity index (χ2n) is 7.29. The van der Waals surface area contributed by atoms with E-state index in [4.69, 9.17) is 4.74 Å². The highest BCUT2D eigenvalue weighted by Crippen LogP contribution is 2.30. The summed E-state index contributed by atoms with van der Waals surface area (Å²) in [6, 6.07) is 7.80. The zero-order valence-electron chi connectivity index (χ0n) is 17.2. The molecule has 2 N–H and O–H groups in total. The first-order valence-electron chi connectivity index (χ1n) is 10.1. The van der Waals surface area contributed by atoms with Gasteiger partial charge >= 0.3 is 0 Å². The van der Waals surface area contributed by atoms with Crippen LogP contribution in [0.5, 0.6) is 0 Å². The Morgan fingerprint density at radius 2 is 1.94 bits per heavy atom. The van der Waals surface area contributed by atoms with Gasteiger partial charge in [-0.2, -0.15) is 5.10 Å². The van der Waals surface area contributed by atoms with E-state index in [0.717, 1.165) is 48.8 Å². The first-order valence-corrected chi connectivity index (χ1v) is 10.9. The van der Waals surface area contributed by atoms with Crippen LogP contribution in [-0.4, -0.2) is 72.4 Å². The Balaban J connectivity index is 1.34. The predicted molar refractivity (Wildman–Crippen MR) is 116 cm³/mol. The van der Waals surface area contributed by atoms with Crippen LogP contribution in [0.15, 0.2) is 30.3 Å². The number of amides is 2. The maximum atomic E-state index is 13.2. The Bertz CT molecular complexity index is 1070. The summed E-state index contributed by atoms with van der Waals surface area (Å²) in [7, 11) is 0. The van der Waals surface area contributed by atoms with Gasteiger partial charge in [-0.1, -0.05) is 0 Å². The van der Waals surface area contributed by atoms with E-state index in [2.05, 4.69) is 20.6 Å². The summed E-state index contributed by atoms with van der Waals surface area (Å²) in [4.78, 5) is 28.1. The van der Waals surface area contributed by atoms with Gasteiger partial charge in [-0.15, -0.1) is 11.3 Å². The van der Waals surface area contributed by atoms with Crippen LogP contribution in [0.4, 0.5) is 4.39 Å². The van der Waals surface area contributed by atoms with Crippen molar-refractivity contribution in [2.45, 2.75) is 6.92 Å². The maximum Gasteiger partial charge on any atom is 0.261 e. The van der Waals surface area contributed by atoms with Gasteiger partial charge in [0.15, 0.2) is 0 Å². The number of fused-ring (bicyclic) bond motifs is 1. The average Bonchev–Trinajstić information content (AvgIpc) is 3.34. The van der Waals surface area contributed by atoms with Crippen LogP contribution >= 0.6 is 11.3 Å². The lowest BCUT2D eigenvalue weighted by molar-refractivity contribution is -0.120. The Morgan fingerprint density at radius 1 is 1.19 bits per heavy atom. The minimum atomic E-state index is -0.321. The monoisotopic (exact) mass is 445 g/mol. The molecule has 31 heavy (non-hydrogen) atoms. The summed E-state index contributed by atoms with van der Waals surface area (Å²) in [5.74, 6) is -0.857. The molecule has 1 fully saturated rings. The predicted octanol–water partition coefficient (Wildman–Crippen LogP) is 1.71. The number of morpholine rings is 1. The van der Waals surface area contributed by atoms with E-state index in [-0.39, 0.29) is 24.2 Å². The van der Waals surface area contributed by atoms with Gasteiger partial charge < -0.3 is 15.4 Å². The Labute approximate surface area is 183 Å². The summed E-state index contributed by atoms with van der Waals surface area (Å²) < 4.78 is 20.2. The molecule has 10 heteroatoms. The number of hydrogen-bond donors (Lipinski definition) is 2. The zero-order chi connectivity index (χ0) is 21.8. The van der Waals surface area contributed by atoms with Gasteiger partial charge in [0.25, 0.3) is 5.91 Å². The molecule has 8 nitrogen and oxygen atoms in total. The minimum Gasteiger partial charge on any atom is -0.379 e. The number of ether oxygens (including phenoxy) is 1. The largest absolute Gasteiger partial charge is 0.379 e. The first kappa shape index (κ1) is 21.4. The van der Waals surface area contributed by atoms with Crippen LogP contribution in [0.1, 0.15) is 15.4 Å². The second kappa shape index (κ2) is 9.54. The molecule has 0 atom stereocenters. The number of nitrogens with zero attached hydrogens (tertiary/aromatic N) is 3. The quantitative estimate of drug-likeness (QED) is 0.578. The molecular formula is C21H24FN5O3S. The number of aromatic nitrogens is 2. The van der Waals surface area contributed by atoms with Crippen molar-refractivity contribution < 1.29 is 18.7 Å². The van der Waals surface area contributed by atoms with Crippen LogP contribution in [-0.2, 0) is 9.53 Å². The highest BCUT2D eigenvalue weighted by atomic mass is 32.1. The number of nitrogens with one attached hydrogen (secondary N) is 2. The molecule has 0 saturated carbocycles. The van der Waals surface area contributed by atoms with Gasteiger partial charge in [0.2, 0.25) is 5.91 Å². The van der Waals surface area contributed by atoms with Crippen LogP contribution in [0, 0.1) is 12.7 Å². The standard InChI is InChI=1S/C21H24FN5O3S/c1-14-17-12-18(31-21(17)27(25-14)16-4-2-15(22)3-5-16)20(29)24-13-19(28)23-6-7-26-8-10-30-11-9-26/h2-5,12H,6-11,13H2,1H3,(H,23,28)(H,24,29). The Kier molecular flexibility index (Phi) is 6.59. The van der Waals surface area contributed by atoms with Crippen LogP contribution in [0.25, 0.3) is 15.9 Å². The van der Waals surface area contributed by atoms with E-state index in [1.165, 1.54) is 23.5 Å². The highest BCUT2D eigenvalue weighted by Gasteiger charge is 2.18. The fourth-order valence-corrected chi connectivity index (χ4v) is 4.50. The second-order valence-corrected chi connectivity index (χ2v) is 8.32. The normalized spacial score (nSPS) is 14.6. The molecule has 164 valence electrons. The number of carbonyl (C=O) groups is 2. The fourth-order valence-electron chi connectivity index (χ4n) is 3.40. The molecule has 1 aliphatic heterocycles. The lowest BCUT2D eigenvalue weighted by Crippen LogP contribution is -2.43. The van der Waals surface area contributed by atoms with Crippen LogP contribution < -0.4 is 10.6 Å². The number of thiophene rings is 1. The average molecular weight is 446 g/mol. The van der Waals surface area contributed by atoms with E-state index >= 15 is 0 Å². The van der Waals surface area contributed by atoms with Crippen molar-refractivity contribution in [1.82, 2.24) is 25.3 Å². The summed E-state index contributed by atoms with van der Waals surface area (Å²) in [5, 5.41) is 10.8. The van der Waals surface area contributed by atoms with Gasteiger partial charge in [-0.3, -0.25) is 14.5 Å². The zero-order valence-corrected chi connectivity index (χ0v) is 18.0. The van der Waals surface area contributed by atoms with Crippen LogP contribution in [0.2, 0.25) is 0 Å². The summed E-state index contributed by atoms with van der Waals surface area (Å²) >= 11 is 1.28. The molecule has 0 bridgehead atoms. The lowest BCUT2D eigenvalue weighted by Gasteiger charge is -2.26. The molecule has 3 aromatic rings. The van der Waals surface area contributed by atoms with E-state index < -0.39 is 0 Å². The molecule has 2 aromatic heterocycles. The number of hydrogen-bond acceptors (Lipinski definition) is 6. The number of benzene rings is 1. The molecule has 4 rings (SSSR count). The number of carbonyl (C=O) groups excluding carboxylic acids is 2. The molecule has 1 aliphatic rings. The van der Waals surface area contributed by atoms with Gasteiger partial charge in [0.05, 0.1) is 36.0 Å². The van der Waals surface area contributed by atoms with Crippen LogP contribution in [0.3, 0.4) is 0 Å². The van der Waals surface area contributed by atoms with Crippen molar-refractivity contribution in [1.29, 1.82) is 0 Å². The lowest BCUT2D eigenvalue weighted by atomic mass is 10.3.